The summed E-state index contributed by atoms with van der Waals surface area (Å²) in [6, 6.07) is 9.27. The second kappa shape index (κ2) is 8.24. The highest BCUT2D eigenvalue weighted by molar-refractivity contribution is 5.87. The van der Waals surface area contributed by atoms with Crippen LogP contribution in [0.15, 0.2) is 42.5 Å². The largest absolute Gasteiger partial charge is 0.416 e. The van der Waals surface area contributed by atoms with Crippen molar-refractivity contribution in [3.8, 4) is 0 Å². The second-order valence-corrected chi connectivity index (χ2v) is 6.47. The Balaban J connectivity index is 2.11. The maximum atomic E-state index is 12.8. The fourth-order valence-electron chi connectivity index (χ4n) is 2.89. The zero-order valence-corrected chi connectivity index (χ0v) is 15.1. The number of nitrogens with one attached hydrogen (secondary N) is 1. The molecule has 0 spiro atoms. The van der Waals surface area contributed by atoms with Crippen LogP contribution in [-0.4, -0.2) is 17.9 Å². The standard InChI is InChI=1S/C20H21F3N2O2/c1-12-5-3-6-13(2)16(12)11-17(19(24)27)25-18(26)10-14-7-4-8-15(9-14)20(21,22)23/h3-9,17H,10-11H2,1-2H3,(H2,24,27)(H,25,26)/t17-/m0/s1. The van der Waals surface area contributed by atoms with Gasteiger partial charge in [-0.15, -0.1) is 0 Å². The number of nitrogens with two attached hydrogens (primary N) is 1. The minimum atomic E-state index is -4.48. The molecule has 0 aliphatic rings. The van der Waals surface area contributed by atoms with E-state index in [-0.39, 0.29) is 18.4 Å². The van der Waals surface area contributed by atoms with Crippen molar-refractivity contribution in [1.82, 2.24) is 5.32 Å². The molecule has 0 aliphatic heterocycles. The summed E-state index contributed by atoms with van der Waals surface area (Å²) in [6.07, 6.45) is -4.53. The first-order valence-corrected chi connectivity index (χ1v) is 8.38. The summed E-state index contributed by atoms with van der Waals surface area (Å²) in [7, 11) is 0. The Labute approximate surface area is 155 Å². The van der Waals surface area contributed by atoms with Gasteiger partial charge in [-0.1, -0.05) is 36.4 Å². The molecule has 2 rings (SSSR count). The van der Waals surface area contributed by atoms with Gasteiger partial charge in [0.2, 0.25) is 11.8 Å². The molecule has 3 N–H and O–H groups in total. The average molecular weight is 378 g/mol. The number of amides is 2. The van der Waals surface area contributed by atoms with Gasteiger partial charge in [-0.25, -0.2) is 0 Å². The van der Waals surface area contributed by atoms with E-state index < -0.39 is 29.6 Å². The molecule has 0 unspecified atom stereocenters. The van der Waals surface area contributed by atoms with Crippen LogP contribution in [0.4, 0.5) is 13.2 Å². The van der Waals surface area contributed by atoms with E-state index in [1.807, 2.05) is 32.0 Å². The maximum Gasteiger partial charge on any atom is 0.416 e. The zero-order valence-electron chi connectivity index (χ0n) is 15.1. The van der Waals surface area contributed by atoms with E-state index in [1.54, 1.807) is 0 Å². The Bertz CT molecular complexity index is 827. The van der Waals surface area contributed by atoms with Gasteiger partial charge >= 0.3 is 6.18 Å². The molecular weight excluding hydrogens is 357 g/mol. The number of aryl methyl sites for hydroxylation is 2. The summed E-state index contributed by atoms with van der Waals surface area (Å²) in [5, 5.41) is 2.53. The van der Waals surface area contributed by atoms with Crippen LogP contribution in [0.3, 0.4) is 0 Å². The average Bonchev–Trinajstić information content (AvgIpc) is 2.56. The Kier molecular flexibility index (Phi) is 6.25. The molecule has 0 fully saturated rings. The van der Waals surface area contributed by atoms with Crippen molar-refractivity contribution in [2.45, 2.75) is 38.9 Å². The van der Waals surface area contributed by atoms with Crippen LogP contribution in [0.25, 0.3) is 0 Å². The molecule has 7 heteroatoms. The summed E-state index contributed by atoms with van der Waals surface area (Å²) >= 11 is 0. The monoisotopic (exact) mass is 378 g/mol. The number of primary amides is 1. The molecule has 144 valence electrons. The Hall–Kier alpha value is -2.83. The van der Waals surface area contributed by atoms with E-state index in [1.165, 1.54) is 12.1 Å². The number of hydrogen-bond acceptors (Lipinski definition) is 2. The predicted molar refractivity (Wildman–Crippen MR) is 95.9 cm³/mol. The fourth-order valence-corrected chi connectivity index (χ4v) is 2.89. The Morgan fingerprint density at radius 2 is 1.67 bits per heavy atom. The topological polar surface area (TPSA) is 72.2 Å². The highest BCUT2D eigenvalue weighted by Gasteiger charge is 2.30. The third-order valence-corrected chi connectivity index (χ3v) is 4.35. The lowest BCUT2D eigenvalue weighted by atomic mass is 9.96. The lowest BCUT2D eigenvalue weighted by molar-refractivity contribution is -0.137. The van der Waals surface area contributed by atoms with E-state index in [9.17, 15) is 22.8 Å². The SMILES string of the molecule is Cc1cccc(C)c1C[C@H](NC(=O)Cc1cccc(C(F)(F)F)c1)C(N)=O. The smallest absolute Gasteiger partial charge is 0.368 e. The zero-order chi connectivity index (χ0) is 20.2. The van der Waals surface area contributed by atoms with Gasteiger partial charge in [-0.2, -0.15) is 13.2 Å². The van der Waals surface area contributed by atoms with Crippen molar-refractivity contribution >= 4 is 11.8 Å². The van der Waals surface area contributed by atoms with Gasteiger partial charge in [0.15, 0.2) is 0 Å². The Morgan fingerprint density at radius 3 is 2.22 bits per heavy atom. The van der Waals surface area contributed by atoms with E-state index in [0.717, 1.165) is 28.8 Å². The molecule has 2 amide bonds. The molecule has 0 bridgehead atoms. The number of benzene rings is 2. The van der Waals surface area contributed by atoms with Crippen molar-refractivity contribution in [2.75, 3.05) is 0 Å². The van der Waals surface area contributed by atoms with Gasteiger partial charge in [0.25, 0.3) is 0 Å². The van der Waals surface area contributed by atoms with Crippen LogP contribution in [0.1, 0.15) is 27.8 Å². The van der Waals surface area contributed by atoms with Crippen molar-refractivity contribution < 1.29 is 22.8 Å². The van der Waals surface area contributed by atoms with Crippen LogP contribution in [0.5, 0.6) is 0 Å². The first kappa shape index (κ1) is 20.5. The van der Waals surface area contributed by atoms with Gasteiger partial charge in [0.05, 0.1) is 12.0 Å². The molecule has 0 radical (unpaired) electrons. The van der Waals surface area contributed by atoms with Gasteiger partial charge in [-0.3, -0.25) is 9.59 Å². The second-order valence-electron chi connectivity index (χ2n) is 6.47. The first-order valence-electron chi connectivity index (χ1n) is 8.38. The summed E-state index contributed by atoms with van der Waals surface area (Å²) in [5.74, 6) is -1.26. The van der Waals surface area contributed by atoms with Crippen molar-refractivity contribution in [2.24, 2.45) is 5.73 Å². The minimum absolute atomic E-state index is 0.206. The molecule has 0 heterocycles. The van der Waals surface area contributed by atoms with Crippen LogP contribution in [0.2, 0.25) is 0 Å². The molecule has 0 aliphatic carbocycles. The number of carbonyl (C=O) groups excluding carboxylic acids is 2. The number of hydrogen-bond donors (Lipinski definition) is 2. The van der Waals surface area contributed by atoms with Gasteiger partial charge in [-0.05, 0) is 42.2 Å². The number of carbonyl (C=O) groups is 2. The van der Waals surface area contributed by atoms with E-state index in [2.05, 4.69) is 5.32 Å². The minimum Gasteiger partial charge on any atom is -0.368 e. The number of halogens is 3. The third-order valence-electron chi connectivity index (χ3n) is 4.35. The van der Waals surface area contributed by atoms with Crippen molar-refractivity contribution in [3.63, 3.8) is 0 Å². The normalized spacial score (nSPS) is 12.5. The van der Waals surface area contributed by atoms with Gasteiger partial charge in [0.1, 0.15) is 6.04 Å². The van der Waals surface area contributed by atoms with E-state index >= 15 is 0 Å². The lowest BCUT2D eigenvalue weighted by Gasteiger charge is -2.18. The molecule has 0 aromatic heterocycles. The van der Waals surface area contributed by atoms with Crippen LogP contribution >= 0.6 is 0 Å². The molecule has 1 atom stereocenters. The van der Waals surface area contributed by atoms with E-state index in [4.69, 9.17) is 5.73 Å². The molecule has 2 aromatic carbocycles. The maximum absolute atomic E-state index is 12.8. The highest BCUT2D eigenvalue weighted by atomic mass is 19.4. The lowest BCUT2D eigenvalue weighted by Crippen LogP contribution is -2.46. The summed E-state index contributed by atoms with van der Waals surface area (Å²) in [5.41, 5.74) is 7.62. The Morgan fingerprint density at radius 1 is 1.07 bits per heavy atom. The quantitative estimate of drug-likeness (QED) is 0.811. The van der Waals surface area contributed by atoms with Crippen LogP contribution in [0, 0.1) is 13.8 Å². The van der Waals surface area contributed by atoms with Crippen LogP contribution < -0.4 is 11.1 Å². The number of rotatable bonds is 6. The highest BCUT2D eigenvalue weighted by Crippen LogP contribution is 2.29. The number of alkyl halides is 3. The summed E-state index contributed by atoms with van der Waals surface area (Å²) in [6.45, 7) is 3.79. The molecule has 0 saturated carbocycles. The molecule has 4 nitrogen and oxygen atoms in total. The molecule has 27 heavy (non-hydrogen) atoms. The first-order chi connectivity index (χ1) is 12.6. The summed E-state index contributed by atoms with van der Waals surface area (Å²) < 4.78 is 38.3. The predicted octanol–water partition coefficient (Wildman–Crippen LogP) is 3.08. The van der Waals surface area contributed by atoms with Crippen LogP contribution in [-0.2, 0) is 28.6 Å². The third kappa shape index (κ3) is 5.57. The summed E-state index contributed by atoms with van der Waals surface area (Å²) in [4.78, 5) is 24.0. The van der Waals surface area contributed by atoms with Crippen molar-refractivity contribution in [1.29, 1.82) is 0 Å². The molecule has 2 aromatic rings. The van der Waals surface area contributed by atoms with Gasteiger partial charge in [0, 0.05) is 6.42 Å². The fraction of sp³-hybridized carbons (Fsp3) is 0.300. The molecular formula is C20H21F3N2O2. The molecule has 0 saturated heterocycles. The van der Waals surface area contributed by atoms with Gasteiger partial charge < -0.3 is 11.1 Å². The van der Waals surface area contributed by atoms with Crippen molar-refractivity contribution in [3.05, 3.63) is 70.3 Å². The van der Waals surface area contributed by atoms with E-state index in [0.29, 0.717) is 0 Å².